The molecule has 3 heterocycles. The van der Waals surface area contributed by atoms with Crippen LogP contribution in [0.25, 0.3) is 10.9 Å². The number of para-hydroxylation sites is 1. The third kappa shape index (κ3) is 2.08. The van der Waals surface area contributed by atoms with E-state index in [1.54, 1.807) is 0 Å². The number of aryl methyl sites for hydroxylation is 1. The first-order valence-electron chi connectivity index (χ1n) is 8.21. The van der Waals surface area contributed by atoms with Crippen molar-refractivity contribution < 1.29 is 0 Å². The van der Waals surface area contributed by atoms with Crippen molar-refractivity contribution in [1.29, 1.82) is 0 Å². The lowest BCUT2D eigenvalue weighted by atomic mass is 9.95. The summed E-state index contributed by atoms with van der Waals surface area (Å²) in [5, 5.41) is 1.41. The molecule has 0 amide bonds. The summed E-state index contributed by atoms with van der Waals surface area (Å²) >= 11 is 0. The van der Waals surface area contributed by atoms with Crippen LogP contribution < -0.4 is 0 Å². The van der Waals surface area contributed by atoms with Crippen LogP contribution in [0.3, 0.4) is 0 Å². The minimum absolute atomic E-state index is 0.492. The number of fused-ring (bicyclic) bond motifs is 3. The fourth-order valence-electron chi connectivity index (χ4n) is 3.89. The average molecular weight is 293 g/mol. The van der Waals surface area contributed by atoms with E-state index in [4.69, 9.17) is 0 Å². The predicted octanol–water partition coefficient (Wildman–Crippen LogP) is 4.02. The molecule has 0 spiro atoms. The Morgan fingerprint density at radius 3 is 2.82 bits per heavy atom. The molecule has 1 aliphatic rings. The van der Waals surface area contributed by atoms with E-state index >= 15 is 0 Å². The van der Waals surface area contributed by atoms with E-state index in [1.807, 2.05) is 0 Å². The van der Waals surface area contributed by atoms with Crippen molar-refractivity contribution in [2.24, 2.45) is 7.05 Å². The topological polar surface area (TPSA) is 24.0 Å². The second-order valence-electron chi connectivity index (χ2n) is 6.32. The average Bonchev–Trinajstić information content (AvgIpc) is 3.11. The van der Waals surface area contributed by atoms with Crippen LogP contribution in [0.4, 0.5) is 0 Å². The zero-order chi connectivity index (χ0) is 15.1. The van der Waals surface area contributed by atoms with E-state index in [1.165, 1.54) is 27.9 Å². The summed E-state index contributed by atoms with van der Waals surface area (Å²) in [5.41, 5.74) is 5.64. The molecule has 4 rings (SSSR count). The Hall–Kier alpha value is -2.00. The highest BCUT2D eigenvalue weighted by atomic mass is 15.2. The van der Waals surface area contributed by atoms with Crippen LogP contribution in [-0.2, 0) is 20.0 Å². The predicted molar refractivity (Wildman–Crippen MR) is 90.9 cm³/mol. The van der Waals surface area contributed by atoms with Crippen molar-refractivity contribution in [3.05, 3.63) is 59.5 Å². The zero-order valence-corrected chi connectivity index (χ0v) is 13.3. The van der Waals surface area contributed by atoms with Gasteiger partial charge in [-0.3, -0.25) is 4.90 Å². The second kappa shape index (κ2) is 5.33. The number of aromatic nitrogens is 2. The molecule has 1 unspecified atom stereocenters. The highest BCUT2D eigenvalue weighted by molar-refractivity contribution is 5.85. The van der Waals surface area contributed by atoms with Gasteiger partial charge in [-0.05, 0) is 36.6 Å². The van der Waals surface area contributed by atoms with Gasteiger partial charge < -0.3 is 9.55 Å². The molecule has 3 heteroatoms. The first kappa shape index (κ1) is 13.6. The molecular formula is C19H23N3. The van der Waals surface area contributed by atoms with E-state index in [9.17, 15) is 0 Å². The lowest BCUT2D eigenvalue weighted by Gasteiger charge is -2.35. The van der Waals surface area contributed by atoms with E-state index in [0.29, 0.717) is 6.04 Å². The molecule has 3 aromatic rings. The Kier molecular flexibility index (Phi) is 3.30. The molecule has 0 fully saturated rings. The Labute approximate surface area is 131 Å². The number of hydrogen-bond acceptors (Lipinski definition) is 1. The van der Waals surface area contributed by atoms with Gasteiger partial charge in [-0.1, -0.05) is 25.1 Å². The monoisotopic (exact) mass is 293 g/mol. The maximum Gasteiger partial charge on any atom is 0.0503 e. The molecule has 3 nitrogen and oxygen atoms in total. The molecule has 22 heavy (non-hydrogen) atoms. The quantitative estimate of drug-likeness (QED) is 0.775. The van der Waals surface area contributed by atoms with Gasteiger partial charge in [0.2, 0.25) is 0 Å². The van der Waals surface area contributed by atoms with Gasteiger partial charge in [0.1, 0.15) is 0 Å². The van der Waals surface area contributed by atoms with Gasteiger partial charge in [0.25, 0.3) is 0 Å². The zero-order valence-electron chi connectivity index (χ0n) is 13.3. The van der Waals surface area contributed by atoms with Gasteiger partial charge in [0, 0.05) is 48.6 Å². The molecule has 1 atom stereocenters. The molecule has 0 aliphatic carbocycles. The summed E-state index contributed by atoms with van der Waals surface area (Å²) in [5.74, 6) is 0. The lowest BCUT2D eigenvalue weighted by Crippen LogP contribution is -2.35. The van der Waals surface area contributed by atoms with E-state index in [0.717, 1.165) is 25.9 Å². The van der Waals surface area contributed by atoms with Crippen LogP contribution in [-0.4, -0.2) is 21.0 Å². The fraction of sp³-hybridized carbons (Fsp3) is 0.368. The molecule has 114 valence electrons. The standard InChI is InChI=1S/C19H23N3/c1-3-18-19-16(15-8-4-5-9-17(15)20-19)10-12-22(18)13-14-7-6-11-21(14)2/h4-9,11,18,20H,3,10,12-13H2,1-2H3. The molecule has 0 saturated heterocycles. The third-order valence-electron chi connectivity index (χ3n) is 5.07. The maximum absolute atomic E-state index is 3.69. The Bertz CT molecular complexity index is 796. The number of nitrogens with one attached hydrogen (secondary N) is 1. The smallest absolute Gasteiger partial charge is 0.0503 e. The van der Waals surface area contributed by atoms with Crippen molar-refractivity contribution in [2.45, 2.75) is 32.4 Å². The summed E-state index contributed by atoms with van der Waals surface area (Å²) in [6.45, 7) is 4.46. The Morgan fingerprint density at radius 2 is 2.05 bits per heavy atom. The first-order chi connectivity index (χ1) is 10.8. The maximum atomic E-state index is 3.69. The SMILES string of the molecule is CCC1c2[nH]c3ccccc3c2CCN1Cc1cccn1C. The van der Waals surface area contributed by atoms with E-state index in [-0.39, 0.29) is 0 Å². The minimum Gasteiger partial charge on any atom is -0.357 e. The number of nitrogens with zero attached hydrogens (tertiary/aromatic N) is 2. The largest absolute Gasteiger partial charge is 0.357 e. The van der Waals surface area contributed by atoms with E-state index < -0.39 is 0 Å². The number of rotatable bonds is 3. The first-order valence-corrected chi connectivity index (χ1v) is 8.21. The van der Waals surface area contributed by atoms with Crippen molar-refractivity contribution in [1.82, 2.24) is 14.5 Å². The molecule has 2 aromatic heterocycles. The van der Waals surface area contributed by atoms with Crippen LogP contribution in [0.15, 0.2) is 42.6 Å². The van der Waals surface area contributed by atoms with Gasteiger partial charge in [0.05, 0.1) is 6.04 Å². The number of H-pyrrole nitrogens is 1. The van der Waals surface area contributed by atoms with Crippen LogP contribution in [0.2, 0.25) is 0 Å². The van der Waals surface area contributed by atoms with Crippen LogP contribution in [0, 0.1) is 0 Å². The molecule has 1 aromatic carbocycles. The summed E-state index contributed by atoms with van der Waals surface area (Å²) in [7, 11) is 2.13. The molecule has 0 radical (unpaired) electrons. The van der Waals surface area contributed by atoms with Gasteiger partial charge in [-0.15, -0.1) is 0 Å². The van der Waals surface area contributed by atoms with E-state index in [2.05, 4.69) is 71.0 Å². The van der Waals surface area contributed by atoms with Gasteiger partial charge in [-0.2, -0.15) is 0 Å². The number of aromatic amines is 1. The van der Waals surface area contributed by atoms with Crippen LogP contribution >= 0.6 is 0 Å². The highest BCUT2D eigenvalue weighted by Crippen LogP contribution is 2.36. The molecule has 1 aliphatic heterocycles. The van der Waals surface area contributed by atoms with Crippen molar-refractivity contribution in [3.8, 4) is 0 Å². The Morgan fingerprint density at radius 1 is 1.18 bits per heavy atom. The normalized spacial score (nSPS) is 18.7. The van der Waals surface area contributed by atoms with Crippen molar-refractivity contribution >= 4 is 10.9 Å². The molecule has 0 bridgehead atoms. The highest BCUT2D eigenvalue weighted by Gasteiger charge is 2.29. The van der Waals surface area contributed by atoms with Crippen LogP contribution in [0.5, 0.6) is 0 Å². The summed E-state index contributed by atoms with van der Waals surface area (Å²) in [4.78, 5) is 6.31. The lowest BCUT2D eigenvalue weighted by molar-refractivity contribution is 0.165. The number of hydrogen-bond donors (Lipinski definition) is 1. The van der Waals surface area contributed by atoms with Crippen molar-refractivity contribution in [3.63, 3.8) is 0 Å². The van der Waals surface area contributed by atoms with Crippen LogP contribution in [0.1, 0.15) is 36.3 Å². The summed E-state index contributed by atoms with van der Waals surface area (Å²) in [6, 6.07) is 13.6. The molecular weight excluding hydrogens is 270 g/mol. The number of benzene rings is 1. The summed E-state index contributed by atoms with van der Waals surface area (Å²) in [6.07, 6.45) is 4.42. The second-order valence-corrected chi connectivity index (χ2v) is 6.32. The minimum atomic E-state index is 0.492. The fourth-order valence-corrected chi connectivity index (χ4v) is 3.89. The van der Waals surface area contributed by atoms with Gasteiger partial charge >= 0.3 is 0 Å². The Balaban J connectivity index is 1.71. The van der Waals surface area contributed by atoms with Crippen molar-refractivity contribution in [2.75, 3.05) is 6.54 Å². The molecule has 0 saturated carbocycles. The summed E-state index contributed by atoms with van der Waals surface area (Å²) < 4.78 is 2.23. The van der Waals surface area contributed by atoms with Gasteiger partial charge in [0.15, 0.2) is 0 Å². The van der Waals surface area contributed by atoms with Gasteiger partial charge in [-0.25, -0.2) is 0 Å². The molecule has 1 N–H and O–H groups in total. The third-order valence-corrected chi connectivity index (χ3v) is 5.07.